The molecule has 0 aromatic carbocycles. The predicted molar refractivity (Wildman–Crippen MR) is 70.4 cm³/mol. The van der Waals surface area contributed by atoms with Crippen molar-refractivity contribution >= 4 is 13.6 Å². The molecule has 5 nitrogen and oxygen atoms in total. The lowest BCUT2D eigenvalue weighted by Gasteiger charge is -2.37. The molecule has 0 spiro atoms. The van der Waals surface area contributed by atoms with Crippen LogP contribution in [0.4, 0.5) is 0 Å². The molecule has 0 fully saturated rings. The number of ether oxygens (including phenoxy) is 1. The minimum absolute atomic E-state index is 0.223. The van der Waals surface area contributed by atoms with Gasteiger partial charge in [-0.25, -0.2) is 0 Å². The molecule has 0 aromatic rings. The van der Waals surface area contributed by atoms with Gasteiger partial charge in [-0.3, -0.25) is 9.36 Å². The molecule has 18 heavy (non-hydrogen) atoms. The normalized spacial score (nSPS) is 14.3. The van der Waals surface area contributed by atoms with Gasteiger partial charge in [0.05, 0.1) is 17.7 Å². The standard InChI is InChI=1S/C12H25O5P/c1-5-9-10(18(14,15)16)12(6-2,7-3)11(13)17-8-4/h10H,5-9H2,1-4H3,(H2,14,15,16). The van der Waals surface area contributed by atoms with Crippen LogP contribution in [0.2, 0.25) is 0 Å². The van der Waals surface area contributed by atoms with Gasteiger partial charge in [-0.15, -0.1) is 0 Å². The second kappa shape index (κ2) is 7.27. The average Bonchev–Trinajstić information content (AvgIpc) is 2.29. The second-order valence-corrected chi connectivity index (χ2v) is 6.28. The lowest BCUT2D eigenvalue weighted by molar-refractivity contribution is -0.156. The van der Waals surface area contributed by atoms with Crippen LogP contribution in [0.1, 0.15) is 53.4 Å². The minimum atomic E-state index is -4.33. The molecule has 0 rings (SSSR count). The van der Waals surface area contributed by atoms with E-state index >= 15 is 0 Å². The fourth-order valence-electron chi connectivity index (χ4n) is 2.46. The van der Waals surface area contributed by atoms with E-state index in [0.29, 0.717) is 25.7 Å². The largest absolute Gasteiger partial charge is 0.466 e. The zero-order chi connectivity index (χ0) is 14.4. The zero-order valence-corrected chi connectivity index (χ0v) is 12.6. The molecular weight excluding hydrogens is 255 g/mol. The molecule has 0 aromatic heterocycles. The summed E-state index contributed by atoms with van der Waals surface area (Å²) >= 11 is 0. The summed E-state index contributed by atoms with van der Waals surface area (Å²) in [6, 6.07) is 0. The SMILES string of the molecule is CCCC(C(CC)(CC)C(=O)OCC)P(=O)(O)O. The van der Waals surface area contributed by atoms with Gasteiger partial charge in [0, 0.05) is 0 Å². The van der Waals surface area contributed by atoms with E-state index < -0.39 is 24.6 Å². The van der Waals surface area contributed by atoms with Crippen LogP contribution in [0.15, 0.2) is 0 Å². The van der Waals surface area contributed by atoms with E-state index in [0.717, 1.165) is 0 Å². The highest BCUT2D eigenvalue weighted by molar-refractivity contribution is 7.52. The fraction of sp³-hybridized carbons (Fsp3) is 0.917. The Bertz CT molecular complexity index is 306. The van der Waals surface area contributed by atoms with Crippen molar-refractivity contribution < 1.29 is 23.9 Å². The summed E-state index contributed by atoms with van der Waals surface area (Å²) in [5, 5.41) is 0. The minimum Gasteiger partial charge on any atom is -0.466 e. The fourth-order valence-corrected chi connectivity index (χ4v) is 4.17. The van der Waals surface area contributed by atoms with Gasteiger partial charge in [0.1, 0.15) is 0 Å². The Morgan fingerprint density at radius 2 is 1.72 bits per heavy atom. The van der Waals surface area contributed by atoms with Crippen LogP contribution < -0.4 is 0 Å². The summed E-state index contributed by atoms with van der Waals surface area (Å²) in [7, 11) is -4.33. The Morgan fingerprint density at radius 3 is 2.00 bits per heavy atom. The van der Waals surface area contributed by atoms with Gasteiger partial charge < -0.3 is 14.5 Å². The van der Waals surface area contributed by atoms with Gasteiger partial charge in [0.25, 0.3) is 0 Å². The van der Waals surface area contributed by atoms with E-state index in [9.17, 15) is 19.1 Å². The topological polar surface area (TPSA) is 83.8 Å². The van der Waals surface area contributed by atoms with Crippen molar-refractivity contribution in [2.75, 3.05) is 6.61 Å². The van der Waals surface area contributed by atoms with Crippen LogP contribution in [0, 0.1) is 5.41 Å². The van der Waals surface area contributed by atoms with Crippen molar-refractivity contribution in [2.45, 2.75) is 59.0 Å². The lowest BCUT2D eigenvalue weighted by Crippen LogP contribution is -2.42. The van der Waals surface area contributed by atoms with E-state index in [4.69, 9.17) is 4.74 Å². The van der Waals surface area contributed by atoms with Crippen LogP contribution in [0.3, 0.4) is 0 Å². The summed E-state index contributed by atoms with van der Waals surface area (Å²) in [6.45, 7) is 7.32. The number of hydrogen-bond donors (Lipinski definition) is 2. The van der Waals surface area contributed by atoms with Crippen molar-refractivity contribution in [3.63, 3.8) is 0 Å². The Labute approximate surface area is 109 Å². The summed E-state index contributed by atoms with van der Waals surface area (Å²) in [5.74, 6) is -0.489. The summed E-state index contributed by atoms with van der Waals surface area (Å²) in [5.41, 5.74) is -2.03. The predicted octanol–water partition coefficient (Wildman–Crippen LogP) is 2.70. The molecule has 2 N–H and O–H groups in total. The maximum absolute atomic E-state index is 12.1. The third-order valence-corrected chi connectivity index (χ3v) is 5.11. The molecule has 0 amide bonds. The first kappa shape index (κ1) is 17.6. The van der Waals surface area contributed by atoms with E-state index in [1.165, 1.54) is 0 Å². The summed E-state index contributed by atoms with van der Waals surface area (Å²) < 4.78 is 16.7. The molecule has 0 aliphatic rings. The maximum atomic E-state index is 12.1. The molecule has 1 atom stereocenters. The van der Waals surface area contributed by atoms with Crippen molar-refractivity contribution in [3.8, 4) is 0 Å². The average molecular weight is 280 g/mol. The number of carbonyl (C=O) groups excluding carboxylic acids is 1. The van der Waals surface area contributed by atoms with Crippen molar-refractivity contribution in [1.82, 2.24) is 0 Å². The number of carbonyl (C=O) groups is 1. The van der Waals surface area contributed by atoms with E-state index in [1.807, 2.05) is 6.92 Å². The van der Waals surface area contributed by atoms with Gasteiger partial charge >= 0.3 is 13.6 Å². The van der Waals surface area contributed by atoms with Crippen LogP contribution >= 0.6 is 7.60 Å². The third-order valence-electron chi connectivity index (χ3n) is 3.55. The molecule has 1 unspecified atom stereocenters. The molecule has 0 heterocycles. The maximum Gasteiger partial charge on any atom is 0.329 e. The summed E-state index contributed by atoms with van der Waals surface area (Å²) in [6.07, 6.45) is 1.69. The number of esters is 1. The highest BCUT2D eigenvalue weighted by Crippen LogP contribution is 2.55. The van der Waals surface area contributed by atoms with Crippen LogP contribution in [0.25, 0.3) is 0 Å². The number of rotatable bonds is 8. The lowest BCUT2D eigenvalue weighted by atomic mass is 9.77. The first-order valence-electron chi connectivity index (χ1n) is 6.52. The molecule has 108 valence electrons. The first-order chi connectivity index (χ1) is 8.30. The van der Waals surface area contributed by atoms with Crippen LogP contribution in [-0.2, 0) is 14.1 Å². The Kier molecular flexibility index (Phi) is 7.11. The molecule has 0 bridgehead atoms. The molecule has 0 radical (unpaired) electrons. The van der Waals surface area contributed by atoms with E-state index in [-0.39, 0.29) is 6.61 Å². The second-order valence-electron chi connectivity index (χ2n) is 4.48. The molecule has 0 saturated carbocycles. The molecular formula is C12H25O5P. The van der Waals surface area contributed by atoms with Crippen molar-refractivity contribution in [3.05, 3.63) is 0 Å². The highest BCUT2D eigenvalue weighted by Gasteiger charge is 2.51. The molecule has 6 heteroatoms. The first-order valence-corrected chi connectivity index (χ1v) is 8.20. The van der Waals surface area contributed by atoms with Gasteiger partial charge in [0.2, 0.25) is 0 Å². The monoisotopic (exact) mass is 280 g/mol. The van der Waals surface area contributed by atoms with Gasteiger partial charge in [0.15, 0.2) is 0 Å². The van der Waals surface area contributed by atoms with Gasteiger partial charge in [-0.2, -0.15) is 0 Å². The van der Waals surface area contributed by atoms with E-state index in [2.05, 4.69) is 0 Å². The van der Waals surface area contributed by atoms with Gasteiger partial charge in [-0.05, 0) is 26.2 Å². The Morgan fingerprint density at radius 1 is 1.22 bits per heavy atom. The Hall–Kier alpha value is -0.380. The quantitative estimate of drug-likeness (QED) is 0.527. The highest BCUT2D eigenvalue weighted by atomic mass is 31.2. The molecule has 0 aliphatic carbocycles. The van der Waals surface area contributed by atoms with E-state index in [1.54, 1.807) is 20.8 Å². The number of hydrogen-bond acceptors (Lipinski definition) is 3. The Balaban J connectivity index is 5.51. The summed E-state index contributed by atoms with van der Waals surface area (Å²) in [4.78, 5) is 31.2. The third kappa shape index (κ3) is 3.81. The van der Waals surface area contributed by atoms with Crippen LogP contribution in [-0.4, -0.2) is 28.0 Å². The zero-order valence-electron chi connectivity index (χ0n) is 11.7. The van der Waals surface area contributed by atoms with Gasteiger partial charge in [-0.1, -0.05) is 27.2 Å². The smallest absolute Gasteiger partial charge is 0.329 e. The molecule has 0 saturated heterocycles. The van der Waals surface area contributed by atoms with Crippen molar-refractivity contribution in [1.29, 1.82) is 0 Å². The van der Waals surface area contributed by atoms with Crippen molar-refractivity contribution in [2.24, 2.45) is 5.41 Å². The van der Waals surface area contributed by atoms with Crippen LogP contribution in [0.5, 0.6) is 0 Å². The molecule has 0 aliphatic heterocycles.